The van der Waals surface area contributed by atoms with E-state index < -0.39 is 5.63 Å². The molecule has 0 fully saturated rings. The third kappa shape index (κ3) is 3.07. The molecule has 0 bridgehead atoms. The van der Waals surface area contributed by atoms with Gasteiger partial charge in [-0.15, -0.1) is 0 Å². The van der Waals surface area contributed by atoms with Gasteiger partial charge in [0.25, 0.3) is 0 Å². The van der Waals surface area contributed by atoms with Crippen LogP contribution < -0.4 is 5.63 Å². The van der Waals surface area contributed by atoms with Gasteiger partial charge >= 0.3 is 11.6 Å². The van der Waals surface area contributed by atoms with Crippen molar-refractivity contribution in [2.75, 3.05) is 6.61 Å². The predicted molar refractivity (Wildman–Crippen MR) is 78.6 cm³/mol. The molecule has 1 aromatic carbocycles. The van der Waals surface area contributed by atoms with Crippen LogP contribution in [0.4, 0.5) is 0 Å². The fourth-order valence-electron chi connectivity index (χ4n) is 2.28. The number of phenols is 1. The molecule has 0 aliphatic heterocycles. The number of fused-ring (bicyclic) bond motifs is 1. The number of ether oxygens (including phenoxy) is 1. The Bertz CT molecular complexity index is 742. The first-order valence-corrected chi connectivity index (χ1v) is 6.85. The number of phenolic OH excluding ortho intramolecular Hbond substituents is 1. The summed E-state index contributed by atoms with van der Waals surface area (Å²) in [5, 5.41) is 10.4. The first-order valence-electron chi connectivity index (χ1n) is 6.85. The summed E-state index contributed by atoms with van der Waals surface area (Å²) in [6.07, 6.45) is 0.422. The van der Waals surface area contributed by atoms with Crippen LogP contribution in [0.5, 0.6) is 5.75 Å². The molecule has 1 heterocycles. The number of aryl methyl sites for hydroxylation is 2. The second-order valence-corrected chi connectivity index (χ2v) is 4.93. The summed E-state index contributed by atoms with van der Waals surface area (Å²) in [6, 6.07) is 3.21. The molecule has 5 heteroatoms. The highest BCUT2D eigenvalue weighted by molar-refractivity contribution is 5.83. The quantitative estimate of drug-likeness (QED) is 0.692. The Hall–Kier alpha value is -2.30. The normalized spacial score (nSPS) is 10.8. The van der Waals surface area contributed by atoms with E-state index in [0.717, 1.165) is 10.9 Å². The van der Waals surface area contributed by atoms with Crippen molar-refractivity contribution in [3.8, 4) is 5.75 Å². The van der Waals surface area contributed by atoms with Crippen molar-refractivity contribution in [3.63, 3.8) is 0 Å². The standard InChI is InChI=1S/C16H18O5/c1-4-20-15(18)6-5-11-10(3)12-7-9(2)13(17)8-14(12)21-16(11)19/h7-8,17H,4-6H2,1-3H3. The Morgan fingerprint density at radius 3 is 2.71 bits per heavy atom. The second kappa shape index (κ2) is 5.99. The molecule has 0 spiro atoms. The number of carbonyl (C=O) groups excluding carboxylic acids is 1. The summed E-state index contributed by atoms with van der Waals surface area (Å²) in [6.45, 7) is 5.65. The average molecular weight is 290 g/mol. The van der Waals surface area contributed by atoms with Crippen LogP contribution in [0.1, 0.15) is 30.0 Å². The maximum absolute atomic E-state index is 12.0. The van der Waals surface area contributed by atoms with E-state index in [1.165, 1.54) is 6.07 Å². The van der Waals surface area contributed by atoms with Gasteiger partial charge in [-0.1, -0.05) is 0 Å². The molecule has 2 aromatic rings. The minimum Gasteiger partial charge on any atom is -0.508 e. The summed E-state index contributed by atoms with van der Waals surface area (Å²) in [5.41, 5.74) is 1.82. The maximum Gasteiger partial charge on any atom is 0.339 e. The van der Waals surface area contributed by atoms with Gasteiger partial charge in [0.2, 0.25) is 0 Å². The van der Waals surface area contributed by atoms with Crippen LogP contribution >= 0.6 is 0 Å². The van der Waals surface area contributed by atoms with E-state index in [1.807, 2.05) is 6.92 Å². The van der Waals surface area contributed by atoms with Gasteiger partial charge in [0.05, 0.1) is 6.61 Å². The van der Waals surface area contributed by atoms with Crippen LogP contribution in [0.25, 0.3) is 11.0 Å². The van der Waals surface area contributed by atoms with Gasteiger partial charge in [0.1, 0.15) is 11.3 Å². The number of rotatable bonds is 4. The lowest BCUT2D eigenvalue weighted by atomic mass is 10.0. The van der Waals surface area contributed by atoms with E-state index in [1.54, 1.807) is 19.9 Å². The summed E-state index contributed by atoms with van der Waals surface area (Å²) in [5.74, 6) is -0.248. The molecule has 112 valence electrons. The van der Waals surface area contributed by atoms with E-state index >= 15 is 0 Å². The Labute approximate surface area is 122 Å². The second-order valence-electron chi connectivity index (χ2n) is 4.93. The lowest BCUT2D eigenvalue weighted by molar-refractivity contribution is -0.143. The number of benzene rings is 1. The molecule has 0 atom stereocenters. The Morgan fingerprint density at radius 1 is 1.33 bits per heavy atom. The average Bonchev–Trinajstić information content (AvgIpc) is 2.41. The number of hydrogen-bond donors (Lipinski definition) is 1. The molecule has 1 N–H and O–H groups in total. The highest BCUT2D eigenvalue weighted by Crippen LogP contribution is 2.27. The van der Waals surface area contributed by atoms with E-state index in [2.05, 4.69) is 0 Å². The zero-order valence-corrected chi connectivity index (χ0v) is 12.4. The molecule has 0 amide bonds. The molecule has 0 aliphatic carbocycles. The van der Waals surface area contributed by atoms with Crippen LogP contribution in [0.15, 0.2) is 21.3 Å². The molecule has 0 radical (unpaired) electrons. The summed E-state index contributed by atoms with van der Waals surface area (Å²) in [4.78, 5) is 23.4. The molecule has 0 aliphatic rings. The number of hydrogen-bond acceptors (Lipinski definition) is 5. The van der Waals surface area contributed by atoms with Gasteiger partial charge in [-0.2, -0.15) is 0 Å². The molecule has 2 rings (SSSR count). The van der Waals surface area contributed by atoms with Crippen molar-refractivity contribution in [1.29, 1.82) is 0 Å². The fourth-order valence-corrected chi connectivity index (χ4v) is 2.28. The van der Waals surface area contributed by atoms with Crippen molar-refractivity contribution in [2.45, 2.75) is 33.6 Å². The van der Waals surface area contributed by atoms with Gasteiger partial charge < -0.3 is 14.3 Å². The van der Waals surface area contributed by atoms with Crippen molar-refractivity contribution >= 4 is 16.9 Å². The van der Waals surface area contributed by atoms with Gasteiger partial charge in [0, 0.05) is 23.4 Å². The number of esters is 1. The minimum atomic E-state index is -0.479. The molecule has 21 heavy (non-hydrogen) atoms. The fraction of sp³-hybridized carbons (Fsp3) is 0.375. The topological polar surface area (TPSA) is 76.7 Å². The molecule has 1 aromatic heterocycles. The van der Waals surface area contributed by atoms with Crippen molar-refractivity contribution in [3.05, 3.63) is 39.2 Å². The molecule has 0 saturated carbocycles. The van der Waals surface area contributed by atoms with Crippen LogP contribution in [0.2, 0.25) is 0 Å². The molecular weight excluding hydrogens is 272 g/mol. The highest BCUT2D eigenvalue weighted by Gasteiger charge is 2.14. The maximum atomic E-state index is 12.0. The summed E-state index contributed by atoms with van der Waals surface area (Å²) >= 11 is 0. The van der Waals surface area contributed by atoms with Gasteiger partial charge in [-0.3, -0.25) is 4.79 Å². The Kier molecular flexibility index (Phi) is 4.31. The first-order chi connectivity index (χ1) is 9.93. The Balaban J connectivity index is 2.43. The van der Waals surface area contributed by atoms with Gasteiger partial charge in [0.15, 0.2) is 0 Å². The van der Waals surface area contributed by atoms with Crippen molar-refractivity contribution in [2.24, 2.45) is 0 Å². The third-order valence-corrected chi connectivity index (χ3v) is 3.49. The van der Waals surface area contributed by atoms with Crippen LogP contribution in [-0.2, 0) is 16.0 Å². The first kappa shape index (κ1) is 15.1. The van der Waals surface area contributed by atoms with Crippen LogP contribution in [-0.4, -0.2) is 17.7 Å². The zero-order chi connectivity index (χ0) is 15.6. The summed E-state index contributed by atoms with van der Waals surface area (Å²) in [7, 11) is 0. The van der Waals surface area contributed by atoms with Gasteiger partial charge in [-0.05, 0) is 44.4 Å². The predicted octanol–water partition coefficient (Wildman–Crippen LogP) is 2.61. The van der Waals surface area contributed by atoms with E-state index in [0.29, 0.717) is 23.3 Å². The third-order valence-electron chi connectivity index (χ3n) is 3.49. The zero-order valence-electron chi connectivity index (χ0n) is 12.4. The lowest BCUT2D eigenvalue weighted by Crippen LogP contribution is -2.13. The van der Waals surface area contributed by atoms with Crippen LogP contribution in [0, 0.1) is 13.8 Å². The lowest BCUT2D eigenvalue weighted by Gasteiger charge is -2.09. The molecular formula is C16H18O5. The van der Waals surface area contributed by atoms with Gasteiger partial charge in [-0.25, -0.2) is 4.79 Å². The summed E-state index contributed by atoms with van der Waals surface area (Å²) < 4.78 is 10.1. The number of aromatic hydroxyl groups is 1. The minimum absolute atomic E-state index is 0.0873. The van der Waals surface area contributed by atoms with Crippen molar-refractivity contribution in [1.82, 2.24) is 0 Å². The molecule has 0 unspecified atom stereocenters. The smallest absolute Gasteiger partial charge is 0.339 e. The van der Waals surface area contributed by atoms with Crippen molar-refractivity contribution < 1.29 is 19.1 Å². The number of carbonyl (C=O) groups is 1. The Morgan fingerprint density at radius 2 is 2.05 bits per heavy atom. The van der Waals surface area contributed by atoms with E-state index in [-0.39, 0.29) is 24.6 Å². The monoisotopic (exact) mass is 290 g/mol. The molecule has 5 nitrogen and oxygen atoms in total. The SMILES string of the molecule is CCOC(=O)CCc1c(C)c2cc(C)c(O)cc2oc1=O. The van der Waals surface area contributed by atoms with Crippen LogP contribution in [0.3, 0.4) is 0 Å². The van der Waals surface area contributed by atoms with E-state index in [4.69, 9.17) is 9.15 Å². The molecule has 0 saturated heterocycles. The highest BCUT2D eigenvalue weighted by atomic mass is 16.5. The largest absolute Gasteiger partial charge is 0.508 e. The van der Waals surface area contributed by atoms with E-state index in [9.17, 15) is 14.7 Å².